The molecule has 0 aliphatic heterocycles. The van der Waals surface area contributed by atoms with Gasteiger partial charge in [0.05, 0.1) is 0 Å². The van der Waals surface area contributed by atoms with Crippen LogP contribution in [-0.4, -0.2) is 4.98 Å². The van der Waals surface area contributed by atoms with E-state index in [-0.39, 0.29) is 10.7 Å². The van der Waals surface area contributed by atoms with Crippen LogP contribution in [0.4, 0.5) is 8.78 Å². The molecule has 0 aliphatic rings. The summed E-state index contributed by atoms with van der Waals surface area (Å²) in [6.07, 6.45) is -2.48. The molecule has 0 aliphatic carbocycles. The molecule has 66 valence electrons. The summed E-state index contributed by atoms with van der Waals surface area (Å²) in [6.45, 7) is 3.17. The molecule has 0 bridgehead atoms. The van der Waals surface area contributed by atoms with Gasteiger partial charge in [-0.1, -0.05) is 11.6 Å². The molecule has 1 nitrogen and oxygen atoms in total. The van der Waals surface area contributed by atoms with E-state index in [4.69, 9.17) is 11.6 Å². The van der Waals surface area contributed by atoms with Crippen molar-refractivity contribution in [3.63, 3.8) is 0 Å². The van der Waals surface area contributed by atoms with Crippen molar-refractivity contribution in [1.29, 1.82) is 0 Å². The van der Waals surface area contributed by atoms with E-state index in [1.807, 2.05) is 0 Å². The van der Waals surface area contributed by atoms with E-state index in [0.717, 1.165) is 0 Å². The van der Waals surface area contributed by atoms with E-state index in [2.05, 4.69) is 4.98 Å². The molecule has 0 unspecified atom stereocenters. The maximum absolute atomic E-state index is 12.3. The Kier molecular flexibility index (Phi) is 2.62. The van der Waals surface area contributed by atoms with Crippen molar-refractivity contribution >= 4 is 11.6 Å². The van der Waals surface area contributed by atoms with E-state index < -0.39 is 6.43 Å². The Morgan fingerprint density at radius 2 is 2.00 bits per heavy atom. The predicted octanol–water partition coefficient (Wildman–Crippen LogP) is 3.29. The third-order valence-corrected chi connectivity index (χ3v) is 1.98. The second kappa shape index (κ2) is 3.35. The van der Waals surface area contributed by atoms with E-state index in [9.17, 15) is 8.78 Å². The molecule has 1 aromatic heterocycles. The fraction of sp³-hybridized carbons (Fsp3) is 0.375. The Balaban J connectivity index is 3.28. The monoisotopic (exact) mass is 191 g/mol. The molecule has 1 rings (SSSR count). The van der Waals surface area contributed by atoms with Crippen LogP contribution in [-0.2, 0) is 0 Å². The Bertz CT molecular complexity index is 299. The van der Waals surface area contributed by atoms with Crippen LogP contribution in [0.1, 0.15) is 23.2 Å². The van der Waals surface area contributed by atoms with Crippen molar-refractivity contribution in [3.8, 4) is 0 Å². The highest BCUT2D eigenvalue weighted by atomic mass is 35.5. The number of aromatic nitrogens is 1. The number of aryl methyl sites for hydroxylation is 1. The number of hydrogen-bond acceptors (Lipinski definition) is 1. The van der Waals surface area contributed by atoms with Crippen LogP contribution in [0, 0.1) is 13.8 Å². The molecule has 0 radical (unpaired) electrons. The summed E-state index contributed by atoms with van der Waals surface area (Å²) in [6, 6.07) is 1.35. The van der Waals surface area contributed by atoms with Gasteiger partial charge in [0.25, 0.3) is 6.43 Å². The fourth-order valence-corrected chi connectivity index (χ4v) is 1.19. The lowest BCUT2D eigenvalue weighted by molar-refractivity contribution is 0.150. The first-order valence-electron chi connectivity index (χ1n) is 3.44. The third kappa shape index (κ3) is 1.72. The third-order valence-electron chi connectivity index (χ3n) is 1.62. The molecule has 0 N–H and O–H groups in total. The molecule has 0 aromatic carbocycles. The normalized spacial score (nSPS) is 10.8. The van der Waals surface area contributed by atoms with Crippen molar-refractivity contribution in [1.82, 2.24) is 4.98 Å². The second-order valence-electron chi connectivity index (χ2n) is 2.57. The quantitative estimate of drug-likeness (QED) is 0.621. The number of rotatable bonds is 1. The molecular formula is C8H8ClF2N. The van der Waals surface area contributed by atoms with Crippen LogP contribution < -0.4 is 0 Å². The standard InChI is InChI=1S/C8H8ClF2N/c1-4-3-6(8(10)11)5(2)7(9)12-4/h3,8H,1-2H3. The minimum Gasteiger partial charge on any atom is -0.241 e. The van der Waals surface area contributed by atoms with Crippen LogP contribution in [0.2, 0.25) is 5.15 Å². The van der Waals surface area contributed by atoms with Crippen LogP contribution >= 0.6 is 11.6 Å². The van der Waals surface area contributed by atoms with Gasteiger partial charge in [0.2, 0.25) is 0 Å². The van der Waals surface area contributed by atoms with E-state index in [1.54, 1.807) is 6.92 Å². The highest BCUT2D eigenvalue weighted by Crippen LogP contribution is 2.26. The number of pyridine rings is 1. The molecule has 0 saturated carbocycles. The summed E-state index contributed by atoms with van der Waals surface area (Å²) in [7, 11) is 0. The topological polar surface area (TPSA) is 12.9 Å². The van der Waals surface area contributed by atoms with Gasteiger partial charge in [-0.05, 0) is 25.5 Å². The molecule has 4 heteroatoms. The van der Waals surface area contributed by atoms with Gasteiger partial charge in [-0.2, -0.15) is 0 Å². The molecule has 0 spiro atoms. The zero-order chi connectivity index (χ0) is 9.30. The average Bonchev–Trinajstić information content (AvgIpc) is 1.96. The molecule has 12 heavy (non-hydrogen) atoms. The molecule has 0 atom stereocenters. The average molecular weight is 192 g/mol. The minimum absolute atomic E-state index is 0.0347. The zero-order valence-electron chi connectivity index (χ0n) is 6.74. The van der Waals surface area contributed by atoms with Gasteiger partial charge in [-0.15, -0.1) is 0 Å². The maximum Gasteiger partial charge on any atom is 0.264 e. The number of halogens is 3. The molecule has 0 saturated heterocycles. The number of alkyl halides is 2. The first-order chi connectivity index (χ1) is 5.52. The minimum atomic E-state index is -2.48. The van der Waals surface area contributed by atoms with Crippen LogP contribution in [0.25, 0.3) is 0 Å². The van der Waals surface area contributed by atoms with Gasteiger partial charge in [-0.3, -0.25) is 0 Å². The highest BCUT2D eigenvalue weighted by Gasteiger charge is 2.13. The smallest absolute Gasteiger partial charge is 0.241 e. The fourth-order valence-electron chi connectivity index (χ4n) is 0.950. The Morgan fingerprint density at radius 1 is 1.42 bits per heavy atom. The lowest BCUT2D eigenvalue weighted by atomic mass is 10.1. The van der Waals surface area contributed by atoms with E-state index >= 15 is 0 Å². The first kappa shape index (κ1) is 9.39. The molecule has 0 fully saturated rings. The molecular weight excluding hydrogens is 184 g/mol. The largest absolute Gasteiger partial charge is 0.264 e. The Morgan fingerprint density at radius 3 is 2.50 bits per heavy atom. The summed E-state index contributed by atoms with van der Waals surface area (Å²) >= 11 is 5.62. The zero-order valence-corrected chi connectivity index (χ0v) is 7.49. The number of hydrogen-bond donors (Lipinski definition) is 0. The van der Waals surface area contributed by atoms with Gasteiger partial charge in [0.1, 0.15) is 5.15 Å². The summed E-state index contributed by atoms with van der Waals surface area (Å²) in [5, 5.41) is 0.158. The van der Waals surface area contributed by atoms with E-state index in [1.165, 1.54) is 13.0 Å². The van der Waals surface area contributed by atoms with Crippen molar-refractivity contribution in [3.05, 3.63) is 28.0 Å². The van der Waals surface area contributed by atoms with Gasteiger partial charge in [0, 0.05) is 11.3 Å². The van der Waals surface area contributed by atoms with Gasteiger partial charge >= 0.3 is 0 Å². The molecule has 1 aromatic rings. The SMILES string of the molecule is Cc1cc(C(F)F)c(C)c(Cl)n1. The number of nitrogens with zero attached hydrogens (tertiary/aromatic N) is 1. The Labute approximate surface area is 74.4 Å². The van der Waals surface area contributed by atoms with Crippen molar-refractivity contribution in [2.24, 2.45) is 0 Å². The second-order valence-corrected chi connectivity index (χ2v) is 2.93. The van der Waals surface area contributed by atoms with Gasteiger partial charge in [-0.25, -0.2) is 13.8 Å². The summed E-state index contributed by atoms with van der Waals surface area (Å²) in [5.74, 6) is 0. The van der Waals surface area contributed by atoms with Crippen molar-refractivity contribution < 1.29 is 8.78 Å². The van der Waals surface area contributed by atoms with E-state index in [0.29, 0.717) is 11.3 Å². The maximum atomic E-state index is 12.3. The predicted molar refractivity (Wildman–Crippen MR) is 43.7 cm³/mol. The lowest BCUT2D eigenvalue weighted by Gasteiger charge is -2.06. The first-order valence-corrected chi connectivity index (χ1v) is 3.82. The lowest BCUT2D eigenvalue weighted by Crippen LogP contribution is -1.95. The van der Waals surface area contributed by atoms with Crippen molar-refractivity contribution in [2.45, 2.75) is 20.3 Å². The summed E-state index contributed by atoms with van der Waals surface area (Å²) in [5.41, 5.74) is 0.839. The summed E-state index contributed by atoms with van der Waals surface area (Å²) < 4.78 is 24.6. The van der Waals surface area contributed by atoms with Gasteiger partial charge in [0.15, 0.2) is 0 Å². The molecule has 0 amide bonds. The summed E-state index contributed by atoms with van der Waals surface area (Å²) in [4.78, 5) is 3.85. The Hall–Kier alpha value is -0.700. The highest BCUT2D eigenvalue weighted by molar-refractivity contribution is 6.30. The van der Waals surface area contributed by atoms with Gasteiger partial charge < -0.3 is 0 Å². The molecule has 1 heterocycles. The van der Waals surface area contributed by atoms with Crippen LogP contribution in [0.3, 0.4) is 0 Å². The van der Waals surface area contributed by atoms with Crippen LogP contribution in [0.15, 0.2) is 6.07 Å². The van der Waals surface area contributed by atoms with Crippen molar-refractivity contribution in [2.75, 3.05) is 0 Å². The van der Waals surface area contributed by atoms with Crippen LogP contribution in [0.5, 0.6) is 0 Å².